The summed E-state index contributed by atoms with van der Waals surface area (Å²) in [4.78, 5) is 11.9. The number of hydrogen-bond acceptors (Lipinski definition) is 5. The first kappa shape index (κ1) is 16.1. The third-order valence-corrected chi connectivity index (χ3v) is 4.00. The van der Waals surface area contributed by atoms with E-state index in [1.54, 1.807) is 23.4 Å². The van der Waals surface area contributed by atoms with Crippen LogP contribution in [-0.4, -0.2) is 29.1 Å². The molecule has 0 aliphatic carbocycles. The summed E-state index contributed by atoms with van der Waals surface area (Å²) >= 11 is 0. The number of rotatable bonds is 6. The second-order valence-electron chi connectivity index (χ2n) is 5.80. The van der Waals surface area contributed by atoms with Crippen molar-refractivity contribution < 1.29 is 18.7 Å². The van der Waals surface area contributed by atoms with E-state index in [2.05, 4.69) is 15.7 Å². The summed E-state index contributed by atoms with van der Waals surface area (Å²) in [5, 5.41) is 9.90. The van der Waals surface area contributed by atoms with Crippen LogP contribution in [0.2, 0.25) is 0 Å². The van der Waals surface area contributed by atoms with Crippen LogP contribution in [0, 0.1) is 0 Å². The molecule has 0 radical (unpaired) electrons. The highest BCUT2D eigenvalue weighted by Gasteiger charge is 2.13. The minimum Gasteiger partial charge on any atom is -0.472 e. The zero-order valence-corrected chi connectivity index (χ0v) is 14.0. The first-order valence-corrected chi connectivity index (χ1v) is 8.23. The summed E-state index contributed by atoms with van der Waals surface area (Å²) < 4.78 is 17.4. The molecule has 2 N–H and O–H groups in total. The Bertz CT molecular complexity index is 888. The Morgan fingerprint density at radius 1 is 1.15 bits per heavy atom. The van der Waals surface area contributed by atoms with Gasteiger partial charge in [0.25, 0.3) is 0 Å². The topological polar surface area (TPSA) is 90.6 Å². The van der Waals surface area contributed by atoms with Gasteiger partial charge in [0.1, 0.15) is 0 Å². The maximum Gasteiger partial charge on any atom is 0.315 e. The zero-order valence-electron chi connectivity index (χ0n) is 14.0. The van der Waals surface area contributed by atoms with Crippen LogP contribution >= 0.6 is 0 Å². The minimum absolute atomic E-state index is 0.232. The maximum atomic E-state index is 11.9. The molecule has 0 unspecified atom stereocenters. The summed E-state index contributed by atoms with van der Waals surface area (Å²) in [6, 6.07) is 7.25. The van der Waals surface area contributed by atoms with Gasteiger partial charge in [0, 0.05) is 30.4 Å². The maximum absolute atomic E-state index is 11.9. The van der Waals surface area contributed by atoms with Crippen molar-refractivity contribution in [1.82, 2.24) is 20.4 Å². The molecule has 134 valence electrons. The summed E-state index contributed by atoms with van der Waals surface area (Å²) in [5.74, 6) is 1.43. The number of amides is 2. The fourth-order valence-corrected chi connectivity index (χ4v) is 2.64. The monoisotopic (exact) mass is 354 g/mol. The second kappa shape index (κ2) is 7.22. The van der Waals surface area contributed by atoms with Crippen molar-refractivity contribution >= 4 is 6.03 Å². The molecule has 1 aliphatic rings. The van der Waals surface area contributed by atoms with Gasteiger partial charge in [-0.3, -0.25) is 4.68 Å². The third-order valence-electron chi connectivity index (χ3n) is 4.00. The highest BCUT2D eigenvalue weighted by Crippen LogP contribution is 2.32. The third kappa shape index (κ3) is 3.64. The van der Waals surface area contributed by atoms with Crippen LogP contribution in [0.5, 0.6) is 11.5 Å². The lowest BCUT2D eigenvalue weighted by molar-refractivity contribution is 0.174. The van der Waals surface area contributed by atoms with Crippen LogP contribution in [0.15, 0.2) is 53.6 Å². The standard InChI is InChI=1S/C18H18N4O4/c23-18(20-8-13-1-2-16-17(7-13)26-12-25-16)19-4-5-22-10-15(9-21-22)14-3-6-24-11-14/h1-3,6-7,9-11H,4-5,8,12H2,(H2,19,20,23). The zero-order chi connectivity index (χ0) is 17.8. The first-order chi connectivity index (χ1) is 12.8. The molecule has 0 spiro atoms. The van der Waals surface area contributed by atoms with Crippen LogP contribution in [0.3, 0.4) is 0 Å². The smallest absolute Gasteiger partial charge is 0.315 e. The highest BCUT2D eigenvalue weighted by atomic mass is 16.7. The van der Waals surface area contributed by atoms with E-state index in [1.807, 2.05) is 30.5 Å². The van der Waals surface area contributed by atoms with Crippen molar-refractivity contribution in [2.75, 3.05) is 13.3 Å². The summed E-state index contributed by atoms with van der Waals surface area (Å²) in [6.07, 6.45) is 6.98. The summed E-state index contributed by atoms with van der Waals surface area (Å²) in [6.45, 7) is 1.70. The van der Waals surface area contributed by atoms with Gasteiger partial charge in [0.2, 0.25) is 6.79 Å². The predicted octanol–water partition coefficient (Wildman–Crippen LogP) is 2.37. The van der Waals surface area contributed by atoms with E-state index in [9.17, 15) is 4.79 Å². The molecule has 0 fully saturated rings. The fourth-order valence-electron chi connectivity index (χ4n) is 2.64. The van der Waals surface area contributed by atoms with Crippen LogP contribution < -0.4 is 20.1 Å². The molecule has 3 heterocycles. The quantitative estimate of drug-likeness (QED) is 0.709. The number of hydrogen-bond donors (Lipinski definition) is 2. The molecule has 2 aromatic heterocycles. The molecule has 4 rings (SSSR count). The second-order valence-corrected chi connectivity index (χ2v) is 5.80. The Kier molecular flexibility index (Phi) is 4.46. The molecule has 1 aromatic carbocycles. The molecule has 0 atom stereocenters. The van der Waals surface area contributed by atoms with Crippen molar-refractivity contribution in [3.05, 3.63) is 54.7 Å². The average Bonchev–Trinajstić information content (AvgIpc) is 3.39. The molecule has 0 saturated carbocycles. The van der Waals surface area contributed by atoms with E-state index in [1.165, 1.54) is 0 Å². The van der Waals surface area contributed by atoms with Crippen molar-refractivity contribution in [2.45, 2.75) is 13.1 Å². The van der Waals surface area contributed by atoms with E-state index < -0.39 is 0 Å². The number of urea groups is 1. The van der Waals surface area contributed by atoms with Gasteiger partial charge >= 0.3 is 6.03 Å². The number of furan rings is 1. The Morgan fingerprint density at radius 2 is 2.08 bits per heavy atom. The number of nitrogens with zero attached hydrogens (tertiary/aromatic N) is 2. The predicted molar refractivity (Wildman–Crippen MR) is 92.7 cm³/mol. The van der Waals surface area contributed by atoms with Gasteiger partial charge in [-0.1, -0.05) is 6.07 Å². The van der Waals surface area contributed by atoms with Gasteiger partial charge in [0.05, 0.1) is 25.3 Å². The summed E-state index contributed by atoms with van der Waals surface area (Å²) in [7, 11) is 0. The van der Waals surface area contributed by atoms with Crippen molar-refractivity contribution in [2.24, 2.45) is 0 Å². The van der Waals surface area contributed by atoms with Crippen LogP contribution in [0.4, 0.5) is 4.79 Å². The lowest BCUT2D eigenvalue weighted by atomic mass is 10.2. The number of aromatic nitrogens is 2. The van der Waals surface area contributed by atoms with Gasteiger partial charge in [-0.25, -0.2) is 4.79 Å². The lowest BCUT2D eigenvalue weighted by Gasteiger charge is -2.08. The Hall–Kier alpha value is -3.42. The van der Waals surface area contributed by atoms with Gasteiger partial charge in [-0.15, -0.1) is 0 Å². The van der Waals surface area contributed by atoms with Crippen molar-refractivity contribution in [3.8, 4) is 22.6 Å². The fraction of sp³-hybridized carbons (Fsp3) is 0.222. The molecule has 8 nitrogen and oxygen atoms in total. The van der Waals surface area contributed by atoms with Crippen LogP contribution in [-0.2, 0) is 13.1 Å². The normalized spacial score (nSPS) is 12.2. The minimum atomic E-state index is -0.232. The van der Waals surface area contributed by atoms with E-state index >= 15 is 0 Å². The SMILES string of the molecule is O=C(NCCn1cc(-c2ccoc2)cn1)NCc1ccc2c(c1)OCO2. The molecule has 3 aromatic rings. The number of carbonyl (C=O) groups excluding carboxylic acids is 1. The molecular formula is C18H18N4O4. The average molecular weight is 354 g/mol. The highest BCUT2D eigenvalue weighted by molar-refractivity contribution is 5.73. The lowest BCUT2D eigenvalue weighted by Crippen LogP contribution is -2.36. The van der Waals surface area contributed by atoms with E-state index in [0.29, 0.717) is 25.4 Å². The van der Waals surface area contributed by atoms with Gasteiger partial charge in [-0.2, -0.15) is 5.10 Å². The largest absolute Gasteiger partial charge is 0.472 e. The van der Waals surface area contributed by atoms with Crippen molar-refractivity contribution in [3.63, 3.8) is 0 Å². The number of fused-ring (bicyclic) bond motifs is 1. The van der Waals surface area contributed by atoms with Gasteiger partial charge in [0.15, 0.2) is 11.5 Å². The van der Waals surface area contributed by atoms with Gasteiger partial charge < -0.3 is 24.5 Å². The molecular weight excluding hydrogens is 336 g/mol. The first-order valence-electron chi connectivity index (χ1n) is 8.23. The number of benzene rings is 1. The van der Waals surface area contributed by atoms with Gasteiger partial charge in [-0.05, 0) is 23.8 Å². The molecule has 1 aliphatic heterocycles. The Morgan fingerprint density at radius 3 is 2.96 bits per heavy atom. The van der Waals surface area contributed by atoms with Crippen LogP contribution in [0.1, 0.15) is 5.56 Å². The molecule has 8 heteroatoms. The van der Waals surface area contributed by atoms with Crippen molar-refractivity contribution in [1.29, 1.82) is 0 Å². The number of ether oxygens (including phenoxy) is 2. The summed E-state index contributed by atoms with van der Waals surface area (Å²) in [5.41, 5.74) is 2.90. The van der Waals surface area contributed by atoms with E-state index in [4.69, 9.17) is 13.9 Å². The Labute approximate surface area is 149 Å². The molecule has 0 bridgehead atoms. The van der Waals surface area contributed by atoms with E-state index in [0.717, 1.165) is 22.4 Å². The molecule has 2 amide bonds. The van der Waals surface area contributed by atoms with E-state index in [-0.39, 0.29) is 12.8 Å². The Balaban J connectivity index is 1.21. The molecule has 26 heavy (non-hydrogen) atoms. The number of carbonyl (C=O) groups is 1. The molecule has 0 saturated heterocycles. The van der Waals surface area contributed by atoms with Crippen LogP contribution in [0.25, 0.3) is 11.1 Å². The number of nitrogens with one attached hydrogen (secondary N) is 2.